The summed E-state index contributed by atoms with van der Waals surface area (Å²) in [7, 11) is 1.58. The van der Waals surface area contributed by atoms with Gasteiger partial charge in [-0.1, -0.05) is 72.7 Å². The van der Waals surface area contributed by atoms with Crippen molar-refractivity contribution in [1.29, 1.82) is 0 Å². The Labute approximate surface area is 469 Å². The van der Waals surface area contributed by atoms with E-state index in [1.165, 1.54) is 67.5 Å². The maximum absolute atomic E-state index is 11.6. The molecular formula is C63H66O18. The predicted molar refractivity (Wildman–Crippen MR) is 293 cm³/mol. The van der Waals surface area contributed by atoms with Gasteiger partial charge in [0.1, 0.15) is 11.5 Å². The number of aliphatic hydroxyl groups is 4. The fourth-order valence-electron chi connectivity index (χ4n) is 8.76. The number of phenols is 1. The summed E-state index contributed by atoms with van der Waals surface area (Å²) >= 11 is 0. The number of Topliss-reactive ketones (excluding diaryl/α,β-unsaturated/α-hetero) is 8. The number of ketones is 8. The van der Waals surface area contributed by atoms with E-state index in [-0.39, 0.29) is 101 Å². The van der Waals surface area contributed by atoms with E-state index in [4.69, 9.17) is 30.1 Å². The van der Waals surface area contributed by atoms with E-state index in [1.807, 2.05) is 54.6 Å². The molecule has 4 aliphatic heterocycles. The van der Waals surface area contributed by atoms with Gasteiger partial charge in [-0.05, 0) is 83.0 Å². The third-order valence-corrected chi connectivity index (χ3v) is 13.7. The van der Waals surface area contributed by atoms with Crippen molar-refractivity contribution in [2.75, 3.05) is 7.11 Å². The van der Waals surface area contributed by atoms with Crippen molar-refractivity contribution in [2.24, 2.45) is 0 Å². The molecule has 0 amide bonds. The number of carbonyl (C=O) groups excluding carboxylic acids is 8. The number of phenolic OH excluding ortho intramolecular Hbond substituents is 1. The Morgan fingerprint density at radius 3 is 0.938 bits per heavy atom. The molecule has 0 saturated heterocycles. The summed E-state index contributed by atoms with van der Waals surface area (Å²) in [4.78, 5) is 92.4. The minimum atomic E-state index is -1.99. The average Bonchev–Trinajstić information content (AvgIpc) is 3.43. The second-order valence-electron chi connectivity index (χ2n) is 19.9. The largest absolute Gasteiger partial charge is 0.508 e. The molecule has 5 N–H and O–H groups in total. The molecule has 0 aliphatic carbocycles. The van der Waals surface area contributed by atoms with Crippen molar-refractivity contribution in [3.63, 3.8) is 0 Å². The number of carbonyl (C=O) groups is 8. The SMILES string of the molecule is C#Cc1ccc(C2C=C(C(C)=O)OC(O)(C(C)=O)C2)cc1.CC(=O)C1=CC(c2ccc(O)cc2)CC(O)(C(C)=O)O1.CC(=O)C1=CC(c2ccccc2)CC(O)(C(C)=O)O1.COc1ccc(C2C=C(C(C)=O)OC(O)(C(C)=O)C2)cc1. The van der Waals surface area contributed by atoms with Crippen LogP contribution in [-0.4, -0.2) is 102 Å². The highest BCUT2D eigenvalue weighted by atomic mass is 16.6. The van der Waals surface area contributed by atoms with Crippen LogP contribution < -0.4 is 4.74 Å². The maximum atomic E-state index is 11.6. The molecule has 81 heavy (non-hydrogen) atoms. The van der Waals surface area contributed by atoms with Crippen LogP contribution in [0.1, 0.15) is 133 Å². The molecule has 18 heteroatoms. The molecular weight excluding hydrogens is 1040 g/mol. The van der Waals surface area contributed by atoms with Crippen LogP contribution in [0.5, 0.6) is 11.5 Å². The lowest BCUT2D eigenvalue weighted by molar-refractivity contribution is -0.196. The second-order valence-corrected chi connectivity index (χ2v) is 19.9. The standard InChI is InChI=1S/C17H16O4.C16H18O5.C15H16O5.C15H16O4/c1-4-13-5-7-14(8-6-13)15-9-16(11(2)18)21-17(20,10-15)12(3)19;1-10(17)15-8-13(9-16(19,21-15)11(2)18)12-4-6-14(20-3)7-5-12;1-9(16)14-7-12(8-15(19,20-14)10(2)17)11-3-5-13(18)6-4-11;1-10(16)14-8-13(12-6-4-3-5-7-12)9-15(18,19-14)11(2)17/h1,5-9,15,20H,10H2,2-3H3;4-8,13,19H,9H2,1-3H3;3-7,12,18-19H,8H2,1-2H3;3-8,13,18H,9H2,1-2H3. The minimum absolute atomic E-state index is 0.00461. The Hall–Kier alpha value is -8.60. The molecule has 4 aliphatic rings. The number of terminal acetylenes is 1. The van der Waals surface area contributed by atoms with Gasteiger partial charge in [-0.2, -0.15) is 0 Å². The summed E-state index contributed by atoms with van der Waals surface area (Å²) < 4.78 is 25.8. The Bertz CT molecular complexity index is 3200. The first kappa shape index (κ1) is 63.2. The Morgan fingerprint density at radius 1 is 0.432 bits per heavy atom. The van der Waals surface area contributed by atoms with Crippen molar-refractivity contribution in [2.45, 2.75) is 128 Å². The van der Waals surface area contributed by atoms with Crippen LogP contribution in [0.15, 0.2) is 150 Å². The average molecular weight is 1110 g/mol. The van der Waals surface area contributed by atoms with Crippen LogP contribution in [0.4, 0.5) is 0 Å². The number of allylic oxidation sites excluding steroid dienone is 8. The van der Waals surface area contributed by atoms with Gasteiger partial charge in [0.25, 0.3) is 23.1 Å². The van der Waals surface area contributed by atoms with Crippen LogP contribution >= 0.6 is 0 Å². The van der Waals surface area contributed by atoms with E-state index in [2.05, 4.69) is 5.92 Å². The van der Waals surface area contributed by atoms with Crippen molar-refractivity contribution in [3.8, 4) is 23.8 Å². The van der Waals surface area contributed by atoms with Crippen LogP contribution in [-0.2, 0) is 57.3 Å². The van der Waals surface area contributed by atoms with Crippen LogP contribution in [0.25, 0.3) is 0 Å². The van der Waals surface area contributed by atoms with Gasteiger partial charge in [0.15, 0.2) is 46.2 Å². The third kappa shape index (κ3) is 16.3. The van der Waals surface area contributed by atoms with Crippen molar-refractivity contribution in [3.05, 3.63) is 178 Å². The van der Waals surface area contributed by atoms with Crippen LogP contribution in [0, 0.1) is 12.3 Å². The molecule has 8 unspecified atom stereocenters. The molecule has 0 bridgehead atoms. The summed E-state index contributed by atoms with van der Waals surface area (Å²) in [5.41, 5.74) is 4.19. The fourth-order valence-corrected chi connectivity index (χ4v) is 8.76. The normalized spacial score (nSPS) is 25.2. The lowest BCUT2D eigenvalue weighted by Gasteiger charge is -2.34. The van der Waals surface area contributed by atoms with Gasteiger partial charge >= 0.3 is 0 Å². The van der Waals surface area contributed by atoms with E-state index < -0.39 is 46.3 Å². The summed E-state index contributed by atoms with van der Waals surface area (Å²) in [5, 5.41) is 50.4. The van der Waals surface area contributed by atoms with Gasteiger partial charge in [0.05, 0.1) is 7.11 Å². The van der Waals surface area contributed by atoms with Crippen molar-refractivity contribution >= 4 is 46.3 Å². The fraction of sp³-hybridized carbons (Fsp3) is 0.333. The van der Waals surface area contributed by atoms with E-state index >= 15 is 0 Å². The highest BCUT2D eigenvalue weighted by Crippen LogP contribution is 2.40. The molecule has 426 valence electrons. The maximum Gasteiger partial charge on any atom is 0.268 e. The van der Waals surface area contributed by atoms with E-state index in [1.54, 1.807) is 67.8 Å². The number of hydrogen-bond donors (Lipinski definition) is 5. The first-order valence-corrected chi connectivity index (χ1v) is 25.6. The highest BCUT2D eigenvalue weighted by molar-refractivity contribution is 5.95. The Morgan fingerprint density at radius 2 is 0.691 bits per heavy atom. The molecule has 4 aromatic carbocycles. The molecule has 8 atom stereocenters. The van der Waals surface area contributed by atoms with E-state index in [0.717, 1.165) is 27.8 Å². The second kappa shape index (κ2) is 26.6. The molecule has 4 aromatic rings. The lowest BCUT2D eigenvalue weighted by atomic mass is 9.86. The number of ether oxygens (including phenoxy) is 5. The molecule has 0 radical (unpaired) electrons. The zero-order valence-corrected chi connectivity index (χ0v) is 46.4. The molecule has 8 rings (SSSR count). The zero-order chi connectivity index (χ0) is 60.2. The van der Waals surface area contributed by atoms with Gasteiger partial charge in [-0.3, -0.25) is 38.4 Å². The first-order valence-electron chi connectivity index (χ1n) is 25.6. The van der Waals surface area contributed by atoms with Gasteiger partial charge in [0.2, 0.25) is 23.1 Å². The number of rotatable bonds is 13. The summed E-state index contributed by atoms with van der Waals surface area (Å²) in [5.74, 6) is -8.98. The van der Waals surface area contributed by atoms with Gasteiger partial charge in [0, 0.05) is 110 Å². The quantitative estimate of drug-likeness (QED) is 0.0812. The molecule has 0 fully saturated rings. The molecule has 18 nitrogen and oxygen atoms in total. The number of aromatic hydroxyl groups is 1. The van der Waals surface area contributed by atoms with E-state index in [9.17, 15) is 63.9 Å². The number of benzene rings is 4. The summed E-state index contributed by atoms with van der Waals surface area (Å²) in [6, 6.07) is 30.3. The molecule has 0 saturated carbocycles. The highest BCUT2D eigenvalue weighted by Gasteiger charge is 2.46. The minimum Gasteiger partial charge on any atom is -0.508 e. The lowest BCUT2D eigenvalue weighted by Crippen LogP contribution is -2.44. The van der Waals surface area contributed by atoms with Crippen LogP contribution in [0.3, 0.4) is 0 Å². The van der Waals surface area contributed by atoms with E-state index in [0.29, 0.717) is 5.75 Å². The number of hydrogen-bond acceptors (Lipinski definition) is 18. The van der Waals surface area contributed by atoms with Gasteiger partial charge in [-0.15, -0.1) is 6.42 Å². The number of methoxy groups -OCH3 is 1. The Kier molecular flexibility index (Phi) is 20.7. The smallest absolute Gasteiger partial charge is 0.268 e. The third-order valence-electron chi connectivity index (χ3n) is 13.7. The molecule has 0 spiro atoms. The van der Waals surface area contributed by atoms with Crippen LogP contribution in [0.2, 0.25) is 0 Å². The monoisotopic (exact) mass is 1110 g/mol. The topological polar surface area (TPSA) is 284 Å². The Balaban J connectivity index is 0.000000198. The first-order chi connectivity index (χ1) is 37.9. The summed E-state index contributed by atoms with van der Waals surface area (Å²) in [6.07, 6.45) is 12.1. The van der Waals surface area contributed by atoms with Gasteiger partial charge < -0.3 is 49.2 Å². The molecule has 4 heterocycles. The predicted octanol–water partition coefficient (Wildman–Crippen LogP) is 7.46. The van der Waals surface area contributed by atoms with Gasteiger partial charge in [-0.25, -0.2) is 0 Å². The summed E-state index contributed by atoms with van der Waals surface area (Å²) in [6.45, 7) is 10.3. The van der Waals surface area contributed by atoms with Crippen molar-refractivity contribution in [1.82, 2.24) is 0 Å². The zero-order valence-electron chi connectivity index (χ0n) is 46.4. The molecule has 0 aromatic heterocycles. The van der Waals surface area contributed by atoms with Crippen molar-refractivity contribution < 1.29 is 87.6 Å².